The van der Waals surface area contributed by atoms with E-state index < -0.39 is 11.9 Å². The fourth-order valence-corrected chi connectivity index (χ4v) is 1.40. The molecule has 6 heteroatoms. The molecule has 0 fully saturated rings. The highest BCUT2D eigenvalue weighted by molar-refractivity contribution is 6.33. The molecule has 0 heterocycles. The first kappa shape index (κ1) is 12.9. The summed E-state index contributed by atoms with van der Waals surface area (Å²) in [6.07, 6.45) is 0.0296. The summed E-state index contributed by atoms with van der Waals surface area (Å²) < 4.78 is 13.6. The molecular formula is C10H15ClFN3O. The van der Waals surface area contributed by atoms with Crippen LogP contribution in [-0.2, 0) is 0 Å². The van der Waals surface area contributed by atoms with E-state index in [1.54, 1.807) is 6.92 Å². The minimum absolute atomic E-state index is 0.109. The van der Waals surface area contributed by atoms with Crippen molar-refractivity contribution in [3.05, 3.63) is 16.9 Å². The maximum absolute atomic E-state index is 13.6. The number of nitrogens with one attached hydrogen (secondary N) is 1. The Bertz CT molecular complexity index is 385. The standard InChI is InChI=1S/C10H15ClFN3O/c1-5(16)2-3-15-10-7(14)4-6(13)8(11)9(10)12/h4-5,15-16H,2-3,13-14H2,1H3. The van der Waals surface area contributed by atoms with Crippen LogP contribution in [0, 0.1) is 5.82 Å². The number of nitrogens with two attached hydrogens (primary N) is 2. The molecule has 1 aromatic rings. The lowest BCUT2D eigenvalue weighted by Crippen LogP contribution is -2.12. The molecule has 0 saturated carbocycles. The number of aliphatic hydroxyl groups is 1. The number of hydrogen-bond acceptors (Lipinski definition) is 4. The Morgan fingerprint density at radius 3 is 2.69 bits per heavy atom. The first-order chi connectivity index (χ1) is 7.43. The summed E-state index contributed by atoms with van der Waals surface area (Å²) in [6, 6.07) is 1.40. The van der Waals surface area contributed by atoms with E-state index in [-0.39, 0.29) is 22.1 Å². The SMILES string of the molecule is CC(O)CCNc1c(N)cc(N)c(Cl)c1F. The van der Waals surface area contributed by atoms with E-state index >= 15 is 0 Å². The van der Waals surface area contributed by atoms with Gasteiger partial charge in [0.15, 0.2) is 5.82 Å². The molecule has 0 aliphatic rings. The third-order valence-corrected chi connectivity index (χ3v) is 2.51. The molecule has 1 unspecified atom stereocenters. The largest absolute Gasteiger partial charge is 0.397 e. The lowest BCUT2D eigenvalue weighted by molar-refractivity contribution is 0.188. The summed E-state index contributed by atoms with van der Waals surface area (Å²) in [5.74, 6) is -0.662. The highest BCUT2D eigenvalue weighted by Crippen LogP contribution is 2.33. The Balaban J connectivity index is 2.84. The third-order valence-electron chi connectivity index (χ3n) is 2.13. The van der Waals surface area contributed by atoms with Crippen molar-refractivity contribution >= 4 is 28.7 Å². The molecule has 0 saturated heterocycles. The minimum Gasteiger partial charge on any atom is -0.397 e. The topological polar surface area (TPSA) is 84.3 Å². The molecule has 0 amide bonds. The molecule has 0 aromatic heterocycles. The molecule has 90 valence electrons. The van der Waals surface area contributed by atoms with Gasteiger partial charge in [-0.2, -0.15) is 0 Å². The zero-order valence-electron chi connectivity index (χ0n) is 8.93. The van der Waals surface area contributed by atoms with Gasteiger partial charge in [-0.15, -0.1) is 0 Å². The maximum Gasteiger partial charge on any atom is 0.169 e. The molecule has 16 heavy (non-hydrogen) atoms. The molecule has 0 radical (unpaired) electrons. The fraction of sp³-hybridized carbons (Fsp3) is 0.400. The maximum atomic E-state index is 13.6. The van der Waals surface area contributed by atoms with Gasteiger partial charge in [-0.1, -0.05) is 11.6 Å². The van der Waals surface area contributed by atoms with E-state index in [0.717, 1.165) is 0 Å². The van der Waals surface area contributed by atoms with E-state index in [1.165, 1.54) is 6.07 Å². The van der Waals surface area contributed by atoms with Crippen LogP contribution in [0.25, 0.3) is 0 Å². The van der Waals surface area contributed by atoms with Crippen LogP contribution in [0.2, 0.25) is 5.02 Å². The van der Waals surface area contributed by atoms with Gasteiger partial charge >= 0.3 is 0 Å². The predicted molar refractivity (Wildman–Crippen MR) is 65.0 cm³/mol. The van der Waals surface area contributed by atoms with E-state index in [2.05, 4.69) is 5.32 Å². The van der Waals surface area contributed by atoms with E-state index in [4.69, 9.17) is 28.2 Å². The van der Waals surface area contributed by atoms with Crippen LogP contribution in [0.15, 0.2) is 6.07 Å². The van der Waals surface area contributed by atoms with Crippen LogP contribution in [0.1, 0.15) is 13.3 Å². The number of anilines is 3. The summed E-state index contributed by atoms with van der Waals surface area (Å²) in [4.78, 5) is 0. The van der Waals surface area contributed by atoms with Crippen LogP contribution in [0.5, 0.6) is 0 Å². The lowest BCUT2D eigenvalue weighted by atomic mass is 10.2. The number of benzene rings is 1. The Morgan fingerprint density at radius 1 is 1.50 bits per heavy atom. The molecular weight excluding hydrogens is 233 g/mol. The van der Waals surface area contributed by atoms with Gasteiger partial charge < -0.3 is 21.9 Å². The summed E-state index contributed by atoms with van der Waals surface area (Å²) in [7, 11) is 0. The van der Waals surface area contributed by atoms with Crippen molar-refractivity contribution < 1.29 is 9.50 Å². The lowest BCUT2D eigenvalue weighted by Gasteiger charge is -2.13. The van der Waals surface area contributed by atoms with Gasteiger partial charge in [0.25, 0.3) is 0 Å². The molecule has 1 atom stereocenters. The number of halogens is 2. The normalized spacial score (nSPS) is 12.5. The van der Waals surface area contributed by atoms with Crippen molar-refractivity contribution in [2.24, 2.45) is 0 Å². The predicted octanol–water partition coefficient (Wildman–Crippen LogP) is 1.83. The van der Waals surface area contributed by atoms with Crippen LogP contribution in [-0.4, -0.2) is 17.8 Å². The van der Waals surface area contributed by atoms with Gasteiger partial charge in [-0.25, -0.2) is 4.39 Å². The number of nitrogen functional groups attached to an aromatic ring is 2. The second kappa shape index (κ2) is 5.23. The summed E-state index contributed by atoms with van der Waals surface area (Å²) >= 11 is 5.65. The Labute approximate surface area is 98.4 Å². The van der Waals surface area contributed by atoms with Gasteiger partial charge in [-0.05, 0) is 19.4 Å². The first-order valence-electron chi connectivity index (χ1n) is 4.88. The molecule has 0 spiro atoms. The Morgan fingerprint density at radius 2 is 2.12 bits per heavy atom. The highest BCUT2D eigenvalue weighted by Gasteiger charge is 2.13. The van der Waals surface area contributed by atoms with Crippen LogP contribution in [0.3, 0.4) is 0 Å². The average molecular weight is 248 g/mol. The van der Waals surface area contributed by atoms with Crippen molar-refractivity contribution in [2.75, 3.05) is 23.3 Å². The second-order valence-electron chi connectivity index (χ2n) is 3.62. The molecule has 4 nitrogen and oxygen atoms in total. The second-order valence-corrected chi connectivity index (χ2v) is 4.00. The molecule has 0 bridgehead atoms. The number of rotatable bonds is 4. The van der Waals surface area contributed by atoms with Crippen molar-refractivity contribution in [3.63, 3.8) is 0 Å². The minimum atomic E-state index is -0.662. The van der Waals surface area contributed by atoms with Gasteiger partial charge in [0.1, 0.15) is 5.02 Å². The van der Waals surface area contributed by atoms with Gasteiger partial charge in [0.2, 0.25) is 0 Å². The summed E-state index contributed by atoms with van der Waals surface area (Å²) in [5, 5.41) is 11.7. The number of aliphatic hydroxyl groups excluding tert-OH is 1. The van der Waals surface area contributed by atoms with Gasteiger partial charge in [-0.3, -0.25) is 0 Å². The highest BCUT2D eigenvalue weighted by atomic mass is 35.5. The van der Waals surface area contributed by atoms with Crippen molar-refractivity contribution in [1.82, 2.24) is 0 Å². The van der Waals surface area contributed by atoms with Crippen molar-refractivity contribution in [3.8, 4) is 0 Å². The van der Waals surface area contributed by atoms with Crippen molar-refractivity contribution in [2.45, 2.75) is 19.4 Å². The van der Waals surface area contributed by atoms with Crippen LogP contribution in [0.4, 0.5) is 21.5 Å². The van der Waals surface area contributed by atoms with Crippen LogP contribution < -0.4 is 16.8 Å². The fourth-order valence-electron chi connectivity index (χ4n) is 1.25. The smallest absolute Gasteiger partial charge is 0.169 e. The average Bonchev–Trinajstić information content (AvgIpc) is 2.19. The zero-order chi connectivity index (χ0) is 12.3. The molecule has 0 aliphatic heterocycles. The van der Waals surface area contributed by atoms with Crippen LogP contribution >= 0.6 is 11.6 Å². The monoisotopic (exact) mass is 247 g/mol. The first-order valence-corrected chi connectivity index (χ1v) is 5.26. The third kappa shape index (κ3) is 2.90. The van der Waals surface area contributed by atoms with Gasteiger partial charge in [0, 0.05) is 6.54 Å². The summed E-state index contributed by atoms with van der Waals surface area (Å²) in [6.45, 7) is 2.05. The Hall–Kier alpha value is -1.20. The molecule has 1 aromatic carbocycles. The summed E-state index contributed by atoms with van der Waals surface area (Å²) in [5.41, 5.74) is 11.5. The van der Waals surface area contributed by atoms with E-state index in [1.807, 2.05) is 0 Å². The quantitative estimate of drug-likeness (QED) is 0.612. The van der Waals surface area contributed by atoms with Gasteiger partial charge in [0.05, 0.1) is 23.2 Å². The Kier molecular flexibility index (Phi) is 4.20. The van der Waals surface area contributed by atoms with E-state index in [9.17, 15) is 4.39 Å². The molecule has 6 N–H and O–H groups in total. The number of hydrogen-bond donors (Lipinski definition) is 4. The zero-order valence-corrected chi connectivity index (χ0v) is 9.68. The molecule has 1 rings (SSSR count). The van der Waals surface area contributed by atoms with Crippen molar-refractivity contribution in [1.29, 1.82) is 0 Å². The molecule has 0 aliphatic carbocycles. The van der Waals surface area contributed by atoms with E-state index in [0.29, 0.717) is 13.0 Å².